The molecule has 1 N–H and O–H groups in total. The molecule has 0 aliphatic carbocycles. The number of fused-ring (bicyclic) bond motifs is 1. The molecule has 1 saturated heterocycles. The number of esters is 1. The summed E-state index contributed by atoms with van der Waals surface area (Å²) in [5.74, 6) is -0.581. The first-order valence-electron chi connectivity index (χ1n) is 12.5. The van der Waals surface area contributed by atoms with Crippen LogP contribution >= 0.6 is 11.8 Å². The predicted molar refractivity (Wildman–Crippen MR) is 148 cm³/mol. The average molecular weight is 525 g/mol. The summed E-state index contributed by atoms with van der Waals surface area (Å²) in [5.41, 5.74) is 3.51. The van der Waals surface area contributed by atoms with Gasteiger partial charge >= 0.3 is 5.97 Å². The lowest BCUT2D eigenvalue weighted by Gasteiger charge is -2.49. The fraction of sp³-hybridized carbons (Fsp3) is 0.194. The third-order valence-corrected chi connectivity index (χ3v) is 7.81. The van der Waals surface area contributed by atoms with Gasteiger partial charge in [0.2, 0.25) is 5.91 Å². The number of ether oxygens (including phenoxy) is 1. The van der Waals surface area contributed by atoms with Crippen molar-refractivity contribution in [1.82, 2.24) is 10.2 Å². The van der Waals surface area contributed by atoms with Crippen molar-refractivity contribution in [3.8, 4) is 0 Å². The summed E-state index contributed by atoms with van der Waals surface area (Å²) in [6.45, 7) is 1.87. The van der Waals surface area contributed by atoms with E-state index in [1.807, 2.05) is 110 Å². The van der Waals surface area contributed by atoms with Crippen LogP contribution in [0.1, 0.15) is 29.7 Å². The summed E-state index contributed by atoms with van der Waals surface area (Å²) in [6, 6.07) is 27.8. The van der Waals surface area contributed by atoms with Crippen molar-refractivity contribution in [2.75, 3.05) is 5.75 Å². The molecule has 3 aromatic carbocycles. The molecule has 2 atom stereocenters. The Kier molecular flexibility index (Phi) is 7.75. The van der Waals surface area contributed by atoms with Crippen molar-refractivity contribution >= 4 is 29.5 Å². The van der Waals surface area contributed by atoms with Crippen molar-refractivity contribution in [2.24, 2.45) is 0 Å². The van der Waals surface area contributed by atoms with E-state index in [4.69, 9.17) is 4.74 Å². The molecule has 192 valence electrons. The quantitative estimate of drug-likeness (QED) is 0.339. The highest BCUT2D eigenvalue weighted by Gasteiger charge is 2.54. The maximum atomic E-state index is 13.7. The van der Waals surface area contributed by atoms with Crippen molar-refractivity contribution < 1.29 is 19.1 Å². The molecule has 7 heteroatoms. The Morgan fingerprint density at radius 2 is 1.55 bits per heavy atom. The molecule has 6 nitrogen and oxygen atoms in total. The van der Waals surface area contributed by atoms with Gasteiger partial charge in [-0.1, -0.05) is 103 Å². The lowest BCUT2D eigenvalue weighted by Crippen LogP contribution is -2.70. The van der Waals surface area contributed by atoms with E-state index in [2.05, 4.69) is 5.32 Å². The van der Waals surface area contributed by atoms with Crippen molar-refractivity contribution in [1.29, 1.82) is 0 Å². The van der Waals surface area contributed by atoms with Gasteiger partial charge in [-0.15, -0.1) is 11.8 Å². The van der Waals surface area contributed by atoms with Gasteiger partial charge < -0.3 is 10.1 Å². The minimum atomic E-state index is -0.690. The van der Waals surface area contributed by atoms with Crippen LogP contribution in [0, 0.1) is 0 Å². The molecule has 5 rings (SSSR count). The standard InChI is InChI=1S/C31H28N2O4S/c1-2-12-24-20-38-30-26(32-25(34)19-21-13-6-3-7-14-21)29(35)33(30)27(24)31(36)37-28(22-15-8-4-9-16-22)23-17-10-5-11-18-23/h2-18,26,28,30H,19-20H2,1H3,(H,32,34)/t26?,30-/m0/s1. The smallest absolute Gasteiger partial charge is 0.356 e. The summed E-state index contributed by atoms with van der Waals surface area (Å²) in [5, 5.41) is 2.50. The summed E-state index contributed by atoms with van der Waals surface area (Å²) in [4.78, 5) is 41.2. The Morgan fingerprint density at radius 3 is 2.13 bits per heavy atom. The maximum absolute atomic E-state index is 13.7. The number of amides is 2. The first-order valence-corrected chi connectivity index (χ1v) is 13.6. The Morgan fingerprint density at radius 1 is 0.974 bits per heavy atom. The summed E-state index contributed by atoms with van der Waals surface area (Å²) in [7, 11) is 0. The van der Waals surface area contributed by atoms with Gasteiger partial charge in [-0.3, -0.25) is 14.5 Å². The molecule has 0 radical (unpaired) electrons. The number of nitrogens with zero attached hydrogens (tertiary/aromatic N) is 1. The van der Waals surface area contributed by atoms with Crippen LogP contribution in [0.2, 0.25) is 0 Å². The van der Waals surface area contributed by atoms with Crippen LogP contribution < -0.4 is 5.32 Å². The molecular formula is C31H28N2O4S. The van der Waals surface area contributed by atoms with E-state index >= 15 is 0 Å². The summed E-state index contributed by atoms with van der Waals surface area (Å²) >= 11 is 1.53. The molecule has 1 fully saturated rings. The second-order valence-electron chi connectivity index (χ2n) is 9.10. The molecule has 2 amide bonds. The fourth-order valence-corrected chi connectivity index (χ4v) is 6.03. The van der Waals surface area contributed by atoms with Gasteiger partial charge in [0.1, 0.15) is 17.1 Å². The Hall–Kier alpha value is -4.10. The largest absolute Gasteiger partial charge is 0.448 e. The third-order valence-electron chi connectivity index (χ3n) is 6.51. The van der Waals surface area contributed by atoms with Crippen LogP contribution in [0.15, 0.2) is 114 Å². The van der Waals surface area contributed by atoms with Crippen LogP contribution in [0.25, 0.3) is 0 Å². The first kappa shape index (κ1) is 25.5. The highest BCUT2D eigenvalue weighted by molar-refractivity contribution is 8.00. The van der Waals surface area contributed by atoms with Gasteiger partial charge in [0, 0.05) is 5.75 Å². The van der Waals surface area contributed by atoms with Gasteiger partial charge in [-0.25, -0.2) is 4.79 Å². The minimum absolute atomic E-state index is 0.187. The van der Waals surface area contributed by atoms with Crippen molar-refractivity contribution in [3.05, 3.63) is 131 Å². The van der Waals surface area contributed by atoms with E-state index in [9.17, 15) is 14.4 Å². The van der Waals surface area contributed by atoms with Crippen molar-refractivity contribution in [2.45, 2.75) is 30.9 Å². The monoisotopic (exact) mass is 524 g/mol. The Bertz CT molecular complexity index is 1330. The molecule has 2 aliphatic rings. The van der Waals surface area contributed by atoms with E-state index in [1.165, 1.54) is 16.7 Å². The summed E-state index contributed by atoms with van der Waals surface area (Å²) < 4.78 is 6.11. The molecule has 1 unspecified atom stereocenters. The predicted octanol–water partition coefficient (Wildman–Crippen LogP) is 4.79. The van der Waals surface area contributed by atoms with Crippen LogP contribution in [0.4, 0.5) is 0 Å². The van der Waals surface area contributed by atoms with Crippen LogP contribution in [0.3, 0.4) is 0 Å². The van der Waals surface area contributed by atoms with E-state index in [0.717, 1.165) is 22.3 Å². The second kappa shape index (κ2) is 11.5. The SMILES string of the molecule is CC=CC1=C(C(=O)OC(c2ccccc2)c2ccccc2)N2C(=O)C(NC(=O)Cc3ccccc3)[C@@H]2SC1. The molecule has 3 aromatic rings. The van der Waals surface area contributed by atoms with Gasteiger partial charge in [-0.2, -0.15) is 0 Å². The Labute approximate surface area is 226 Å². The molecule has 38 heavy (non-hydrogen) atoms. The van der Waals surface area contributed by atoms with Gasteiger partial charge in [0.05, 0.1) is 6.42 Å². The third kappa shape index (κ3) is 5.29. The average Bonchev–Trinajstić information content (AvgIpc) is 2.96. The number of carbonyl (C=O) groups is 3. The number of nitrogens with one attached hydrogen (secondary N) is 1. The normalized spacial score (nSPS) is 18.8. The number of thioether (sulfide) groups is 1. The maximum Gasteiger partial charge on any atom is 0.356 e. The molecule has 0 bridgehead atoms. The van der Waals surface area contributed by atoms with E-state index < -0.39 is 18.1 Å². The number of hydrogen-bond acceptors (Lipinski definition) is 5. The minimum Gasteiger partial charge on any atom is -0.448 e. The number of β-lactam (4-membered cyclic amide) rings is 1. The zero-order valence-electron chi connectivity index (χ0n) is 20.9. The van der Waals surface area contributed by atoms with Gasteiger partial charge in [0.25, 0.3) is 5.91 Å². The second-order valence-corrected chi connectivity index (χ2v) is 10.2. The topological polar surface area (TPSA) is 75.7 Å². The highest BCUT2D eigenvalue weighted by atomic mass is 32.2. The zero-order valence-corrected chi connectivity index (χ0v) is 21.8. The molecule has 2 heterocycles. The van der Waals surface area contributed by atoms with Gasteiger partial charge in [-0.05, 0) is 29.2 Å². The van der Waals surface area contributed by atoms with E-state index in [1.54, 1.807) is 0 Å². The fourth-order valence-electron chi connectivity index (χ4n) is 4.71. The number of hydrogen-bond donors (Lipinski definition) is 1. The molecule has 0 saturated carbocycles. The number of carbonyl (C=O) groups excluding carboxylic acids is 3. The van der Waals surface area contributed by atoms with Gasteiger partial charge in [0.15, 0.2) is 6.10 Å². The van der Waals surface area contributed by atoms with Crippen LogP contribution in [-0.4, -0.2) is 39.9 Å². The lowest BCUT2D eigenvalue weighted by atomic mass is 10.00. The Balaban J connectivity index is 1.37. The lowest BCUT2D eigenvalue weighted by molar-refractivity contribution is -0.154. The molecule has 0 spiro atoms. The van der Waals surface area contributed by atoms with E-state index in [-0.39, 0.29) is 29.3 Å². The summed E-state index contributed by atoms with van der Waals surface area (Å²) in [6.07, 6.45) is 3.25. The van der Waals surface area contributed by atoms with Crippen molar-refractivity contribution in [3.63, 3.8) is 0 Å². The first-order chi connectivity index (χ1) is 18.6. The number of benzene rings is 3. The van der Waals surface area contributed by atoms with Crippen LogP contribution in [-0.2, 0) is 25.5 Å². The number of allylic oxidation sites excluding steroid dienone is 2. The highest BCUT2D eigenvalue weighted by Crippen LogP contribution is 2.42. The zero-order chi connectivity index (χ0) is 26.5. The molecule has 2 aliphatic heterocycles. The van der Waals surface area contributed by atoms with E-state index in [0.29, 0.717) is 5.75 Å². The number of rotatable bonds is 8. The molecular weight excluding hydrogens is 496 g/mol. The molecule has 0 aromatic heterocycles. The van der Waals surface area contributed by atoms with Crippen LogP contribution in [0.5, 0.6) is 0 Å².